The fourth-order valence-corrected chi connectivity index (χ4v) is 2.39. The summed E-state index contributed by atoms with van der Waals surface area (Å²) in [4.78, 5) is 12.1. The van der Waals surface area contributed by atoms with E-state index in [0.717, 1.165) is 10.8 Å². The molecule has 1 unspecified atom stereocenters. The van der Waals surface area contributed by atoms with Crippen LogP contribution in [0.2, 0.25) is 0 Å². The third-order valence-corrected chi connectivity index (χ3v) is 4.05. The predicted molar refractivity (Wildman–Crippen MR) is 85.7 cm³/mol. The number of nitrogens with one attached hydrogen (secondary N) is 1. The summed E-state index contributed by atoms with van der Waals surface area (Å²) in [5.74, 6) is 1.36. The Morgan fingerprint density at radius 2 is 1.77 bits per heavy atom. The van der Waals surface area contributed by atoms with Crippen LogP contribution in [0.1, 0.15) is 31.7 Å². The van der Waals surface area contributed by atoms with Gasteiger partial charge in [0.15, 0.2) is 6.10 Å². The molecule has 1 aromatic heterocycles. The summed E-state index contributed by atoms with van der Waals surface area (Å²) < 4.78 is 10.7. The molecule has 6 nitrogen and oxygen atoms in total. The molecule has 0 saturated carbocycles. The fourth-order valence-electron chi connectivity index (χ4n) is 1.64. The van der Waals surface area contributed by atoms with Gasteiger partial charge < -0.3 is 9.47 Å². The predicted octanol–water partition coefficient (Wildman–Crippen LogP) is 3.08. The summed E-state index contributed by atoms with van der Waals surface area (Å²) >= 11 is 1.37. The minimum Gasteiger partial charge on any atom is -0.497 e. The Hall–Kier alpha value is -2.15. The van der Waals surface area contributed by atoms with E-state index in [4.69, 9.17) is 9.47 Å². The second-order valence-corrected chi connectivity index (χ2v) is 6.03. The van der Waals surface area contributed by atoms with Crippen LogP contribution >= 0.6 is 11.3 Å². The summed E-state index contributed by atoms with van der Waals surface area (Å²) in [6.07, 6.45) is -0.639. The van der Waals surface area contributed by atoms with Crippen LogP contribution in [-0.2, 0) is 4.79 Å². The van der Waals surface area contributed by atoms with Gasteiger partial charge >= 0.3 is 0 Å². The average molecular weight is 321 g/mol. The standard InChI is InChI=1S/C15H19N3O3S/c1-9(2)14-17-18-15(22-14)16-13(19)10(3)21-12-7-5-11(20-4)6-8-12/h5-10H,1-4H3,(H,16,18,19). The molecular formula is C15H19N3O3S. The van der Waals surface area contributed by atoms with Gasteiger partial charge in [-0.05, 0) is 31.2 Å². The van der Waals surface area contributed by atoms with Crippen LogP contribution in [0.5, 0.6) is 11.5 Å². The van der Waals surface area contributed by atoms with Crippen molar-refractivity contribution in [3.63, 3.8) is 0 Å². The molecule has 0 bridgehead atoms. The summed E-state index contributed by atoms with van der Waals surface area (Å²) in [6.45, 7) is 5.74. The Balaban J connectivity index is 1.93. The van der Waals surface area contributed by atoms with Gasteiger partial charge in [-0.1, -0.05) is 25.2 Å². The minimum atomic E-state index is -0.639. The Labute approximate surface area is 133 Å². The van der Waals surface area contributed by atoms with Gasteiger partial charge in [-0.15, -0.1) is 10.2 Å². The van der Waals surface area contributed by atoms with E-state index < -0.39 is 6.10 Å². The van der Waals surface area contributed by atoms with E-state index in [9.17, 15) is 4.79 Å². The number of methoxy groups -OCH3 is 1. The molecule has 0 aliphatic heterocycles. The van der Waals surface area contributed by atoms with Crippen molar-refractivity contribution in [3.05, 3.63) is 29.3 Å². The van der Waals surface area contributed by atoms with Gasteiger partial charge in [-0.3, -0.25) is 10.1 Å². The lowest BCUT2D eigenvalue weighted by atomic mass is 10.2. The highest BCUT2D eigenvalue weighted by Gasteiger charge is 2.17. The lowest BCUT2D eigenvalue weighted by molar-refractivity contribution is -0.122. The van der Waals surface area contributed by atoms with Crippen LogP contribution in [0, 0.1) is 0 Å². The zero-order valence-corrected chi connectivity index (χ0v) is 13.8. The van der Waals surface area contributed by atoms with Crippen molar-refractivity contribution in [2.24, 2.45) is 0 Å². The number of anilines is 1. The summed E-state index contributed by atoms with van der Waals surface area (Å²) in [7, 11) is 1.60. The quantitative estimate of drug-likeness (QED) is 0.885. The first-order valence-electron chi connectivity index (χ1n) is 6.94. The van der Waals surface area contributed by atoms with Crippen LogP contribution in [0.15, 0.2) is 24.3 Å². The smallest absolute Gasteiger partial charge is 0.266 e. The van der Waals surface area contributed by atoms with Crippen molar-refractivity contribution >= 4 is 22.4 Å². The number of aromatic nitrogens is 2. The van der Waals surface area contributed by atoms with E-state index in [2.05, 4.69) is 15.5 Å². The van der Waals surface area contributed by atoms with Gasteiger partial charge in [0.25, 0.3) is 5.91 Å². The Bertz CT molecular complexity index is 625. The van der Waals surface area contributed by atoms with Crippen LogP contribution in [-0.4, -0.2) is 29.3 Å². The van der Waals surface area contributed by atoms with Crippen molar-refractivity contribution in [3.8, 4) is 11.5 Å². The molecule has 0 radical (unpaired) electrons. The number of hydrogen-bond donors (Lipinski definition) is 1. The van der Waals surface area contributed by atoms with E-state index in [0.29, 0.717) is 10.9 Å². The molecule has 118 valence electrons. The third kappa shape index (κ3) is 4.17. The highest BCUT2D eigenvalue weighted by molar-refractivity contribution is 7.15. The summed E-state index contributed by atoms with van der Waals surface area (Å²) in [5, 5.41) is 12.1. The second kappa shape index (κ2) is 7.22. The molecule has 0 aliphatic carbocycles. The molecular weight excluding hydrogens is 302 g/mol. The van der Waals surface area contributed by atoms with Crippen molar-refractivity contribution < 1.29 is 14.3 Å². The Morgan fingerprint density at radius 1 is 1.14 bits per heavy atom. The SMILES string of the molecule is COc1ccc(OC(C)C(=O)Nc2nnc(C(C)C)s2)cc1. The van der Waals surface area contributed by atoms with E-state index >= 15 is 0 Å². The molecule has 1 N–H and O–H groups in total. The topological polar surface area (TPSA) is 73.3 Å². The van der Waals surface area contributed by atoms with E-state index in [1.807, 2.05) is 13.8 Å². The minimum absolute atomic E-state index is 0.262. The first-order valence-corrected chi connectivity index (χ1v) is 7.76. The maximum absolute atomic E-state index is 12.1. The summed E-state index contributed by atoms with van der Waals surface area (Å²) in [6, 6.07) is 7.06. The first-order chi connectivity index (χ1) is 10.5. The number of nitrogens with zero attached hydrogens (tertiary/aromatic N) is 2. The summed E-state index contributed by atoms with van der Waals surface area (Å²) in [5.41, 5.74) is 0. The van der Waals surface area contributed by atoms with Crippen LogP contribution in [0.25, 0.3) is 0 Å². The largest absolute Gasteiger partial charge is 0.497 e. The molecule has 0 aliphatic rings. The number of carbonyl (C=O) groups is 1. The zero-order valence-electron chi connectivity index (χ0n) is 13.0. The molecule has 1 atom stereocenters. The van der Waals surface area contributed by atoms with E-state index in [1.54, 1.807) is 38.3 Å². The number of hydrogen-bond acceptors (Lipinski definition) is 6. The molecule has 2 aromatic rings. The van der Waals surface area contributed by atoms with Crippen molar-refractivity contribution in [1.29, 1.82) is 0 Å². The van der Waals surface area contributed by atoms with Crippen LogP contribution in [0.4, 0.5) is 5.13 Å². The third-order valence-electron chi connectivity index (χ3n) is 2.91. The number of benzene rings is 1. The average Bonchev–Trinajstić information content (AvgIpc) is 2.96. The van der Waals surface area contributed by atoms with E-state index in [-0.39, 0.29) is 11.8 Å². The fraction of sp³-hybridized carbons (Fsp3) is 0.400. The Kier molecular flexibility index (Phi) is 5.32. The van der Waals surface area contributed by atoms with Crippen molar-refractivity contribution in [2.75, 3.05) is 12.4 Å². The number of rotatable bonds is 6. The molecule has 0 fully saturated rings. The molecule has 1 amide bonds. The number of amides is 1. The number of ether oxygens (including phenoxy) is 2. The van der Waals surface area contributed by atoms with Gasteiger partial charge in [0, 0.05) is 5.92 Å². The second-order valence-electron chi connectivity index (χ2n) is 5.03. The van der Waals surface area contributed by atoms with Crippen molar-refractivity contribution in [1.82, 2.24) is 10.2 Å². The highest BCUT2D eigenvalue weighted by Crippen LogP contribution is 2.23. The first kappa shape index (κ1) is 16.2. The van der Waals surface area contributed by atoms with Crippen LogP contribution < -0.4 is 14.8 Å². The maximum atomic E-state index is 12.1. The number of carbonyl (C=O) groups excluding carboxylic acids is 1. The molecule has 2 rings (SSSR count). The molecule has 0 spiro atoms. The maximum Gasteiger partial charge on any atom is 0.266 e. The molecule has 0 saturated heterocycles. The van der Waals surface area contributed by atoms with Gasteiger partial charge in [0.2, 0.25) is 5.13 Å². The van der Waals surface area contributed by atoms with Crippen molar-refractivity contribution in [2.45, 2.75) is 32.8 Å². The van der Waals surface area contributed by atoms with Gasteiger partial charge in [0.05, 0.1) is 7.11 Å². The van der Waals surface area contributed by atoms with E-state index in [1.165, 1.54) is 11.3 Å². The lowest BCUT2D eigenvalue weighted by Gasteiger charge is -2.13. The monoisotopic (exact) mass is 321 g/mol. The van der Waals surface area contributed by atoms with Gasteiger partial charge in [-0.2, -0.15) is 0 Å². The van der Waals surface area contributed by atoms with Gasteiger partial charge in [-0.25, -0.2) is 0 Å². The Morgan fingerprint density at radius 3 is 2.32 bits per heavy atom. The van der Waals surface area contributed by atoms with Gasteiger partial charge in [0.1, 0.15) is 16.5 Å². The molecule has 1 heterocycles. The highest BCUT2D eigenvalue weighted by atomic mass is 32.1. The lowest BCUT2D eigenvalue weighted by Crippen LogP contribution is -2.30. The molecule has 1 aromatic carbocycles. The zero-order chi connectivity index (χ0) is 16.1. The molecule has 22 heavy (non-hydrogen) atoms. The van der Waals surface area contributed by atoms with Crippen LogP contribution in [0.3, 0.4) is 0 Å². The molecule has 7 heteroatoms. The normalized spacial score (nSPS) is 12.0.